The van der Waals surface area contributed by atoms with Crippen molar-refractivity contribution >= 4 is 28.9 Å². The Labute approximate surface area is 190 Å². The van der Waals surface area contributed by atoms with E-state index in [9.17, 15) is 14.4 Å². The average Bonchev–Trinajstić information content (AvgIpc) is 2.86. The van der Waals surface area contributed by atoms with E-state index in [4.69, 9.17) is 4.74 Å². The number of carbonyl (C=O) groups excluding carboxylic acids is 1. The standard InChI is InChI=1S/C24H21FN6O2/c1-2-22(32)28-18-7-6-16(14-26)20(13-18)23-21(25)15-27-24(30-23)29-17-4-3-5-19(12-17)31-8-10-33-11-9-31/h2-7,12-13,15H,1,8-11H2,(H,28,32)(H,27,29,30). The molecule has 0 unspecified atom stereocenters. The van der Waals surface area contributed by atoms with Crippen LogP contribution in [0.4, 0.5) is 27.4 Å². The van der Waals surface area contributed by atoms with Crippen molar-refractivity contribution in [3.05, 3.63) is 72.7 Å². The Bertz CT molecular complexity index is 1230. The summed E-state index contributed by atoms with van der Waals surface area (Å²) in [6, 6.07) is 14.3. The number of ether oxygens (including phenoxy) is 1. The molecule has 1 fully saturated rings. The van der Waals surface area contributed by atoms with Gasteiger partial charge in [-0.25, -0.2) is 14.4 Å². The quantitative estimate of drug-likeness (QED) is 0.557. The number of nitrogens with zero attached hydrogens (tertiary/aromatic N) is 4. The number of hydrogen-bond acceptors (Lipinski definition) is 7. The molecule has 0 bridgehead atoms. The maximum Gasteiger partial charge on any atom is 0.247 e. The Kier molecular flexibility index (Phi) is 6.57. The molecule has 0 atom stereocenters. The van der Waals surface area contributed by atoms with Gasteiger partial charge < -0.3 is 20.3 Å². The van der Waals surface area contributed by atoms with Crippen LogP contribution in [0.3, 0.4) is 0 Å². The smallest absolute Gasteiger partial charge is 0.247 e. The number of carbonyl (C=O) groups is 1. The van der Waals surface area contributed by atoms with Gasteiger partial charge in [0.1, 0.15) is 5.69 Å². The van der Waals surface area contributed by atoms with Crippen molar-refractivity contribution in [2.24, 2.45) is 0 Å². The van der Waals surface area contributed by atoms with Crippen LogP contribution in [-0.4, -0.2) is 42.2 Å². The van der Waals surface area contributed by atoms with Gasteiger partial charge in [0.15, 0.2) is 5.82 Å². The monoisotopic (exact) mass is 444 g/mol. The molecule has 33 heavy (non-hydrogen) atoms. The van der Waals surface area contributed by atoms with Crippen molar-refractivity contribution in [3.63, 3.8) is 0 Å². The van der Waals surface area contributed by atoms with E-state index >= 15 is 0 Å². The van der Waals surface area contributed by atoms with Gasteiger partial charge in [-0.15, -0.1) is 0 Å². The van der Waals surface area contributed by atoms with Crippen LogP contribution < -0.4 is 15.5 Å². The normalized spacial score (nSPS) is 13.2. The molecule has 0 radical (unpaired) electrons. The van der Waals surface area contributed by atoms with Crippen LogP contribution >= 0.6 is 0 Å². The molecule has 2 N–H and O–H groups in total. The summed E-state index contributed by atoms with van der Waals surface area (Å²) in [4.78, 5) is 22.2. The Balaban J connectivity index is 1.64. The van der Waals surface area contributed by atoms with E-state index in [1.807, 2.05) is 30.3 Å². The van der Waals surface area contributed by atoms with Gasteiger partial charge in [-0.2, -0.15) is 5.26 Å². The lowest BCUT2D eigenvalue weighted by Crippen LogP contribution is -2.36. The van der Waals surface area contributed by atoms with E-state index in [-0.39, 0.29) is 22.8 Å². The summed E-state index contributed by atoms with van der Waals surface area (Å²) in [5.41, 5.74) is 2.56. The highest BCUT2D eigenvalue weighted by molar-refractivity contribution is 5.99. The lowest BCUT2D eigenvalue weighted by molar-refractivity contribution is -0.111. The van der Waals surface area contributed by atoms with Crippen LogP contribution in [0, 0.1) is 17.1 Å². The van der Waals surface area contributed by atoms with Crippen LogP contribution in [0.1, 0.15) is 5.56 Å². The number of halogens is 1. The number of rotatable bonds is 6. The van der Waals surface area contributed by atoms with Gasteiger partial charge in [-0.05, 0) is 42.5 Å². The first-order chi connectivity index (χ1) is 16.1. The highest BCUT2D eigenvalue weighted by Crippen LogP contribution is 2.29. The molecule has 8 nitrogen and oxygen atoms in total. The van der Waals surface area contributed by atoms with Crippen molar-refractivity contribution in [2.75, 3.05) is 41.8 Å². The third kappa shape index (κ3) is 5.14. The summed E-state index contributed by atoms with van der Waals surface area (Å²) in [5, 5.41) is 15.2. The molecule has 1 saturated heterocycles. The van der Waals surface area contributed by atoms with Crippen LogP contribution in [0.25, 0.3) is 11.3 Å². The number of benzene rings is 2. The lowest BCUT2D eigenvalue weighted by atomic mass is 10.0. The van der Waals surface area contributed by atoms with Crippen LogP contribution in [-0.2, 0) is 9.53 Å². The molecule has 1 aliphatic rings. The minimum absolute atomic E-state index is 0.0527. The number of aromatic nitrogens is 2. The molecule has 4 rings (SSSR count). The summed E-state index contributed by atoms with van der Waals surface area (Å²) < 4.78 is 20.1. The highest BCUT2D eigenvalue weighted by atomic mass is 19.1. The third-order valence-corrected chi connectivity index (χ3v) is 5.07. The largest absolute Gasteiger partial charge is 0.378 e. The second-order valence-electron chi connectivity index (χ2n) is 7.23. The van der Waals surface area contributed by atoms with Gasteiger partial charge in [0.25, 0.3) is 0 Å². The summed E-state index contributed by atoms with van der Waals surface area (Å²) in [5.74, 6) is -0.933. The fourth-order valence-electron chi connectivity index (χ4n) is 3.46. The fourth-order valence-corrected chi connectivity index (χ4v) is 3.46. The Morgan fingerprint density at radius 1 is 1.21 bits per heavy atom. The summed E-state index contributed by atoms with van der Waals surface area (Å²) in [7, 11) is 0. The van der Waals surface area contributed by atoms with Crippen molar-refractivity contribution in [3.8, 4) is 17.3 Å². The predicted octanol–water partition coefficient (Wildman–Crippen LogP) is 3.86. The molecule has 3 aromatic rings. The predicted molar refractivity (Wildman–Crippen MR) is 124 cm³/mol. The number of hydrogen-bond donors (Lipinski definition) is 2. The van der Waals surface area contributed by atoms with Gasteiger partial charge in [0.2, 0.25) is 11.9 Å². The van der Waals surface area contributed by atoms with E-state index in [1.165, 1.54) is 12.1 Å². The topological polar surface area (TPSA) is 103 Å². The van der Waals surface area contributed by atoms with Crippen molar-refractivity contribution in [1.82, 2.24) is 9.97 Å². The molecule has 2 heterocycles. The van der Waals surface area contributed by atoms with Gasteiger partial charge in [-0.1, -0.05) is 12.6 Å². The zero-order valence-corrected chi connectivity index (χ0v) is 17.7. The highest BCUT2D eigenvalue weighted by Gasteiger charge is 2.16. The van der Waals surface area contributed by atoms with Crippen LogP contribution in [0.5, 0.6) is 0 Å². The molecule has 166 valence electrons. The zero-order valence-electron chi connectivity index (χ0n) is 17.7. The molecular weight excluding hydrogens is 423 g/mol. The molecule has 1 aromatic heterocycles. The molecule has 2 aromatic carbocycles. The number of nitriles is 1. The van der Waals surface area contributed by atoms with E-state index < -0.39 is 11.7 Å². The van der Waals surface area contributed by atoms with E-state index in [0.717, 1.165) is 36.7 Å². The molecule has 9 heteroatoms. The first-order valence-electron chi connectivity index (χ1n) is 10.3. The Morgan fingerprint density at radius 3 is 2.79 bits per heavy atom. The van der Waals surface area contributed by atoms with Crippen LogP contribution in [0.15, 0.2) is 61.3 Å². The molecule has 1 amide bonds. The first-order valence-corrected chi connectivity index (χ1v) is 10.3. The summed E-state index contributed by atoms with van der Waals surface area (Å²) in [6.07, 6.45) is 2.17. The summed E-state index contributed by atoms with van der Waals surface area (Å²) in [6.45, 7) is 6.37. The zero-order chi connectivity index (χ0) is 23.2. The van der Waals surface area contributed by atoms with Crippen molar-refractivity contribution in [2.45, 2.75) is 0 Å². The van der Waals surface area contributed by atoms with Gasteiger partial charge >= 0.3 is 0 Å². The van der Waals surface area contributed by atoms with Crippen molar-refractivity contribution < 1.29 is 13.9 Å². The van der Waals surface area contributed by atoms with E-state index in [1.54, 1.807) is 6.07 Å². The fraction of sp³-hybridized carbons (Fsp3) is 0.167. The van der Waals surface area contributed by atoms with Crippen molar-refractivity contribution in [1.29, 1.82) is 5.26 Å². The van der Waals surface area contributed by atoms with Gasteiger partial charge in [-0.3, -0.25) is 4.79 Å². The molecule has 0 aliphatic carbocycles. The molecule has 0 spiro atoms. The molecule has 1 aliphatic heterocycles. The molecular formula is C24H21FN6O2. The second-order valence-corrected chi connectivity index (χ2v) is 7.23. The van der Waals surface area contributed by atoms with Gasteiger partial charge in [0.05, 0.1) is 31.0 Å². The maximum absolute atomic E-state index is 14.7. The number of amides is 1. The number of morpholine rings is 1. The van der Waals surface area contributed by atoms with Crippen LogP contribution in [0.2, 0.25) is 0 Å². The Morgan fingerprint density at radius 2 is 2.03 bits per heavy atom. The first kappa shape index (κ1) is 21.9. The average molecular weight is 444 g/mol. The SMILES string of the molecule is C=CC(=O)Nc1ccc(C#N)c(-c2nc(Nc3cccc(N4CCOCC4)c3)ncc2F)c1. The molecule has 0 saturated carbocycles. The number of anilines is 4. The Hall–Kier alpha value is -4.29. The van der Waals surface area contributed by atoms with E-state index in [2.05, 4.69) is 32.1 Å². The van der Waals surface area contributed by atoms with E-state index in [0.29, 0.717) is 18.9 Å². The minimum Gasteiger partial charge on any atom is -0.378 e. The lowest BCUT2D eigenvalue weighted by Gasteiger charge is -2.29. The third-order valence-electron chi connectivity index (χ3n) is 5.07. The second kappa shape index (κ2) is 9.89. The summed E-state index contributed by atoms with van der Waals surface area (Å²) >= 11 is 0. The number of nitrogens with one attached hydrogen (secondary N) is 2. The minimum atomic E-state index is -0.689. The maximum atomic E-state index is 14.7. The van der Waals surface area contributed by atoms with Gasteiger partial charge in [0, 0.05) is 35.7 Å².